The first-order valence-electron chi connectivity index (χ1n) is 14.6. The highest BCUT2D eigenvalue weighted by molar-refractivity contribution is 7.99. The minimum atomic E-state index is -0.697. The van der Waals surface area contributed by atoms with Crippen molar-refractivity contribution in [3.8, 4) is 0 Å². The van der Waals surface area contributed by atoms with Crippen LogP contribution in [0.15, 0.2) is 0 Å². The van der Waals surface area contributed by atoms with Gasteiger partial charge < -0.3 is 9.84 Å². The Labute approximate surface area is 215 Å². The van der Waals surface area contributed by atoms with E-state index < -0.39 is 5.97 Å². The molecule has 34 heavy (non-hydrogen) atoms. The quantitative estimate of drug-likeness (QED) is 0.0899. The van der Waals surface area contributed by atoms with Gasteiger partial charge in [0.25, 0.3) is 0 Å². The Balaban J connectivity index is 3.56. The zero-order valence-corrected chi connectivity index (χ0v) is 23.4. The van der Waals surface area contributed by atoms with Crippen molar-refractivity contribution < 1.29 is 19.4 Å². The lowest BCUT2D eigenvalue weighted by molar-refractivity contribution is -0.143. The number of hydrogen-bond donors (Lipinski definition) is 1. The Morgan fingerprint density at radius 3 is 1.59 bits per heavy atom. The van der Waals surface area contributed by atoms with Gasteiger partial charge in [-0.1, -0.05) is 129 Å². The predicted octanol–water partition coefficient (Wildman–Crippen LogP) is 9.20. The summed E-state index contributed by atoms with van der Waals surface area (Å²) in [7, 11) is 0. The molecular weight excluding hydrogens is 444 g/mol. The summed E-state index contributed by atoms with van der Waals surface area (Å²) in [5.41, 5.74) is 0. The molecule has 0 rings (SSSR count). The number of hydrogen-bond acceptors (Lipinski definition) is 4. The molecule has 4 nitrogen and oxygen atoms in total. The van der Waals surface area contributed by atoms with Gasteiger partial charge in [-0.15, -0.1) is 0 Å². The molecule has 0 aliphatic carbocycles. The lowest BCUT2D eigenvalue weighted by atomic mass is 10.0. The van der Waals surface area contributed by atoms with Crippen LogP contribution in [-0.4, -0.2) is 35.2 Å². The lowest BCUT2D eigenvalue weighted by Gasteiger charge is -2.12. The number of aliphatic carboxylic acids is 1. The molecular formula is C29H56O4S. The second kappa shape index (κ2) is 26.9. The molecule has 0 radical (unpaired) electrons. The molecule has 0 bridgehead atoms. The van der Waals surface area contributed by atoms with Crippen molar-refractivity contribution in [2.24, 2.45) is 5.92 Å². The molecule has 0 heterocycles. The van der Waals surface area contributed by atoms with Gasteiger partial charge in [0.15, 0.2) is 0 Å². The summed E-state index contributed by atoms with van der Waals surface area (Å²) < 4.78 is 5.32. The first-order chi connectivity index (χ1) is 16.6. The zero-order chi connectivity index (χ0) is 25.1. The van der Waals surface area contributed by atoms with Crippen LogP contribution in [-0.2, 0) is 14.3 Å². The SMILES string of the molecule is CCCCCCCCCCCCCC(CSCCC(=O)OCCCCCCCCCC)C(=O)O. The highest BCUT2D eigenvalue weighted by Crippen LogP contribution is 2.19. The number of carbonyl (C=O) groups is 2. The number of carboxylic acids is 1. The van der Waals surface area contributed by atoms with Crippen molar-refractivity contribution in [1.29, 1.82) is 0 Å². The van der Waals surface area contributed by atoms with Crippen LogP contribution >= 0.6 is 11.8 Å². The molecule has 1 atom stereocenters. The number of carboxylic acid groups (broad SMARTS) is 1. The van der Waals surface area contributed by atoms with E-state index in [1.54, 1.807) is 11.8 Å². The maximum Gasteiger partial charge on any atom is 0.307 e. The first kappa shape index (κ1) is 33.3. The predicted molar refractivity (Wildman–Crippen MR) is 148 cm³/mol. The van der Waals surface area contributed by atoms with Gasteiger partial charge in [0.1, 0.15) is 0 Å². The number of carbonyl (C=O) groups excluding carboxylic acids is 1. The van der Waals surface area contributed by atoms with Crippen LogP contribution in [0.5, 0.6) is 0 Å². The molecule has 0 saturated carbocycles. The van der Waals surface area contributed by atoms with E-state index in [0.29, 0.717) is 24.5 Å². The number of thioether (sulfide) groups is 1. The highest BCUT2D eigenvalue weighted by atomic mass is 32.2. The van der Waals surface area contributed by atoms with Gasteiger partial charge >= 0.3 is 11.9 Å². The normalized spacial score (nSPS) is 12.1. The van der Waals surface area contributed by atoms with E-state index in [0.717, 1.165) is 32.1 Å². The summed E-state index contributed by atoms with van der Waals surface area (Å²) in [6, 6.07) is 0. The van der Waals surface area contributed by atoms with Gasteiger partial charge in [0.2, 0.25) is 0 Å². The highest BCUT2D eigenvalue weighted by Gasteiger charge is 2.17. The third-order valence-corrected chi connectivity index (χ3v) is 7.67. The minimum Gasteiger partial charge on any atom is -0.481 e. The van der Waals surface area contributed by atoms with Gasteiger partial charge in [-0.2, -0.15) is 11.8 Å². The van der Waals surface area contributed by atoms with Gasteiger partial charge in [0, 0.05) is 11.5 Å². The summed E-state index contributed by atoms with van der Waals surface area (Å²) in [4.78, 5) is 23.4. The van der Waals surface area contributed by atoms with Gasteiger partial charge in [-0.05, 0) is 12.8 Å². The maximum atomic E-state index is 11.9. The number of ether oxygens (including phenoxy) is 1. The largest absolute Gasteiger partial charge is 0.481 e. The van der Waals surface area contributed by atoms with Gasteiger partial charge in [-0.3, -0.25) is 9.59 Å². The first-order valence-corrected chi connectivity index (χ1v) is 15.7. The molecule has 0 fully saturated rings. The molecule has 1 N–H and O–H groups in total. The Kier molecular flexibility index (Phi) is 26.3. The van der Waals surface area contributed by atoms with Crippen molar-refractivity contribution in [3.05, 3.63) is 0 Å². The molecule has 0 aromatic carbocycles. The van der Waals surface area contributed by atoms with Crippen LogP contribution < -0.4 is 0 Å². The molecule has 0 aromatic heterocycles. The molecule has 5 heteroatoms. The van der Waals surface area contributed by atoms with E-state index in [2.05, 4.69) is 13.8 Å². The Hall–Kier alpha value is -0.710. The fourth-order valence-corrected chi connectivity index (χ4v) is 5.28. The lowest BCUT2D eigenvalue weighted by Crippen LogP contribution is -2.17. The van der Waals surface area contributed by atoms with E-state index in [1.165, 1.54) is 96.3 Å². The van der Waals surface area contributed by atoms with Crippen LogP contribution in [0.3, 0.4) is 0 Å². The van der Waals surface area contributed by atoms with E-state index in [9.17, 15) is 14.7 Å². The van der Waals surface area contributed by atoms with Gasteiger partial charge in [-0.25, -0.2) is 0 Å². The number of esters is 1. The number of rotatable bonds is 27. The molecule has 1 unspecified atom stereocenters. The van der Waals surface area contributed by atoms with E-state index in [4.69, 9.17) is 4.74 Å². The molecule has 0 saturated heterocycles. The fraction of sp³-hybridized carbons (Fsp3) is 0.931. The van der Waals surface area contributed by atoms with Crippen molar-refractivity contribution >= 4 is 23.7 Å². The van der Waals surface area contributed by atoms with E-state index in [-0.39, 0.29) is 11.9 Å². The third-order valence-electron chi connectivity index (χ3n) is 6.54. The Bertz CT molecular complexity index is 455. The maximum absolute atomic E-state index is 11.9. The average molecular weight is 501 g/mol. The van der Waals surface area contributed by atoms with Crippen LogP contribution in [0.25, 0.3) is 0 Å². The van der Waals surface area contributed by atoms with Crippen molar-refractivity contribution in [1.82, 2.24) is 0 Å². The number of unbranched alkanes of at least 4 members (excludes halogenated alkanes) is 17. The molecule has 202 valence electrons. The van der Waals surface area contributed by atoms with Crippen LogP contribution in [0.4, 0.5) is 0 Å². The van der Waals surface area contributed by atoms with E-state index in [1.807, 2.05) is 0 Å². The summed E-state index contributed by atoms with van der Waals surface area (Å²) in [5, 5.41) is 9.49. The van der Waals surface area contributed by atoms with Crippen LogP contribution in [0.2, 0.25) is 0 Å². The average Bonchev–Trinajstić information content (AvgIpc) is 2.82. The molecule has 0 aliphatic heterocycles. The standard InChI is InChI=1S/C29H56O4S/c1-3-5-7-9-11-13-14-15-16-18-20-22-27(29(31)32)26-34-25-23-28(30)33-24-21-19-17-12-10-8-6-4-2/h27H,3-26H2,1-2H3,(H,31,32). The Morgan fingerprint density at radius 1 is 0.676 bits per heavy atom. The monoisotopic (exact) mass is 500 g/mol. The van der Waals surface area contributed by atoms with Crippen molar-refractivity contribution in [3.63, 3.8) is 0 Å². The summed E-state index contributed by atoms with van der Waals surface area (Å²) in [5.74, 6) is 0.109. The summed E-state index contributed by atoms with van der Waals surface area (Å²) in [6.07, 6.45) is 25.1. The topological polar surface area (TPSA) is 63.6 Å². The summed E-state index contributed by atoms with van der Waals surface area (Å²) in [6.45, 7) is 5.01. The van der Waals surface area contributed by atoms with Gasteiger partial charge in [0.05, 0.1) is 18.9 Å². The second-order valence-electron chi connectivity index (χ2n) is 9.88. The third kappa shape index (κ3) is 24.4. The van der Waals surface area contributed by atoms with Crippen LogP contribution in [0.1, 0.15) is 149 Å². The Morgan fingerprint density at radius 2 is 1.12 bits per heavy atom. The van der Waals surface area contributed by atoms with Crippen LogP contribution in [0, 0.1) is 5.92 Å². The van der Waals surface area contributed by atoms with Crippen molar-refractivity contribution in [2.75, 3.05) is 18.1 Å². The zero-order valence-electron chi connectivity index (χ0n) is 22.6. The second-order valence-corrected chi connectivity index (χ2v) is 11.0. The summed E-state index contributed by atoms with van der Waals surface area (Å²) >= 11 is 1.58. The molecule has 0 aliphatic rings. The molecule has 0 spiro atoms. The van der Waals surface area contributed by atoms with Crippen molar-refractivity contribution in [2.45, 2.75) is 149 Å². The van der Waals surface area contributed by atoms with E-state index >= 15 is 0 Å². The molecule has 0 amide bonds. The molecule has 0 aromatic rings. The fourth-order valence-electron chi connectivity index (χ4n) is 4.21. The smallest absolute Gasteiger partial charge is 0.307 e. The minimum absolute atomic E-state index is 0.146.